The van der Waals surface area contributed by atoms with E-state index in [2.05, 4.69) is 10.9 Å². The van der Waals surface area contributed by atoms with Crippen LogP contribution in [-0.2, 0) is 16.1 Å². The van der Waals surface area contributed by atoms with E-state index in [0.717, 1.165) is 16.7 Å². The Morgan fingerprint density at radius 1 is 1.11 bits per heavy atom. The van der Waals surface area contributed by atoms with Crippen molar-refractivity contribution < 1.29 is 19.4 Å². The smallest absolute Gasteiger partial charge is 0.266 e. The fourth-order valence-corrected chi connectivity index (χ4v) is 4.19. The van der Waals surface area contributed by atoms with E-state index >= 15 is 0 Å². The molecule has 1 amide bonds. The second-order valence-corrected chi connectivity index (χ2v) is 9.44. The van der Waals surface area contributed by atoms with Gasteiger partial charge in [-0.3, -0.25) is 10.2 Å². The van der Waals surface area contributed by atoms with E-state index in [1.54, 1.807) is 0 Å². The van der Waals surface area contributed by atoms with Gasteiger partial charge in [-0.2, -0.15) is 0 Å². The van der Waals surface area contributed by atoms with Crippen LogP contribution in [0, 0.1) is 0 Å². The molecule has 1 aliphatic heterocycles. The lowest BCUT2D eigenvalue weighted by Gasteiger charge is -2.27. The monoisotopic (exact) mass is 533 g/mol. The summed E-state index contributed by atoms with van der Waals surface area (Å²) in [6.07, 6.45) is 4.35. The second-order valence-electron chi connectivity index (χ2n) is 9.00. The van der Waals surface area contributed by atoms with Gasteiger partial charge in [-0.15, -0.1) is 0 Å². The van der Waals surface area contributed by atoms with Crippen LogP contribution in [0.3, 0.4) is 0 Å². The van der Waals surface area contributed by atoms with E-state index in [1.165, 1.54) is 0 Å². The Bertz CT molecular complexity index is 1250. The average Bonchev–Trinajstić information content (AvgIpc) is 3.28. The van der Waals surface area contributed by atoms with Crippen molar-refractivity contribution in [3.63, 3.8) is 0 Å². The van der Waals surface area contributed by atoms with E-state index in [1.807, 2.05) is 97.9 Å². The second kappa shape index (κ2) is 13.2. The molecular weight excluding hydrogens is 502 g/mol. The minimum Gasteiger partial charge on any atom is -0.494 e. The number of ether oxygens (including phenoxy) is 2. The van der Waals surface area contributed by atoms with E-state index in [0.29, 0.717) is 42.7 Å². The van der Waals surface area contributed by atoms with Gasteiger partial charge < -0.3 is 14.6 Å². The first-order valence-electron chi connectivity index (χ1n) is 12.6. The van der Waals surface area contributed by atoms with Gasteiger partial charge in [0.15, 0.2) is 5.54 Å². The maximum Gasteiger partial charge on any atom is 0.266 e. The Labute approximate surface area is 228 Å². The number of hydrazine groups is 1. The number of rotatable bonds is 12. The number of aliphatic hydroxyl groups is 1. The maximum atomic E-state index is 13.6. The van der Waals surface area contributed by atoms with Crippen LogP contribution in [-0.4, -0.2) is 41.8 Å². The van der Waals surface area contributed by atoms with Gasteiger partial charge in [-0.05, 0) is 54.4 Å². The van der Waals surface area contributed by atoms with Gasteiger partial charge in [0.25, 0.3) is 5.91 Å². The van der Waals surface area contributed by atoms with Crippen molar-refractivity contribution in [3.8, 4) is 5.75 Å². The number of aliphatic hydroxyl groups excluding tert-OH is 1. The average molecular weight is 534 g/mol. The standard InChI is InChI=1S/C30H32ClN3O4/c1-22-30(18-5-9-23-7-3-2-4-8-23,29(36)34-32-21-24-10-14-26(31)15-11-24)33-28(38-22)25-12-16-27(17-13-25)37-20-6-19-35/h2-5,7-17,22,32,35H,6,18-21H2,1H3,(H,34,36)/b9-5+/t22-,30-/m0/s1. The SMILES string of the molecule is C[C@@H]1OC(c2ccc(OCCCO)cc2)=N[C@]1(C/C=C/c1ccccc1)C(=O)NNCc1ccc(Cl)cc1. The number of nitrogens with zero attached hydrogens (tertiary/aromatic N) is 1. The lowest BCUT2D eigenvalue weighted by atomic mass is 9.89. The van der Waals surface area contributed by atoms with Gasteiger partial charge in [0.2, 0.25) is 5.90 Å². The molecule has 1 aliphatic rings. The molecule has 0 aliphatic carbocycles. The van der Waals surface area contributed by atoms with Gasteiger partial charge in [-0.25, -0.2) is 10.4 Å². The summed E-state index contributed by atoms with van der Waals surface area (Å²) in [6.45, 7) is 2.81. The molecule has 3 aromatic carbocycles. The fraction of sp³-hybridized carbons (Fsp3) is 0.267. The molecule has 0 saturated carbocycles. The van der Waals surface area contributed by atoms with Gasteiger partial charge in [0.1, 0.15) is 11.9 Å². The molecule has 0 unspecified atom stereocenters. The zero-order valence-electron chi connectivity index (χ0n) is 21.3. The van der Waals surface area contributed by atoms with Crippen LogP contribution < -0.4 is 15.6 Å². The summed E-state index contributed by atoms with van der Waals surface area (Å²) in [5.41, 5.74) is 7.45. The normalized spacial score (nSPS) is 18.7. The van der Waals surface area contributed by atoms with Crippen LogP contribution in [0.4, 0.5) is 0 Å². The molecule has 198 valence electrons. The number of benzene rings is 3. The van der Waals surface area contributed by atoms with Crippen LogP contribution in [0.25, 0.3) is 6.08 Å². The van der Waals surface area contributed by atoms with Gasteiger partial charge in [-0.1, -0.05) is 66.2 Å². The van der Waals surface area contributed by atoms with Crippen LogP contribution in [0.5, 0.6) is 5.75 Å². The Hall–Kier alpha value is -3.65. The zero-order valence-corrected chi connectivity index (χ0v) is 22.0. The first kappa shape index (κ1) is 27.4. The van der Waals surface area contributed by atoms with E-state index in [9.17, 15) is 4.79 Å². The maximum absolute atomic E-state index is 13.6. The van der Waals surface area contributed by atoms with Crippen molar-refractivity contribution >= 4 is 29.5 Å². The first-order valence-corrected chi connectivity index (χ1v) is 13.0. The highest BCUT2D eigenvalue weighted by atomic mass is 35.5. The topological polar surface area (TPSA) is 92.2 Å². The largest absolute Gasteiger partial charge is 0.494 e. The summed E-state index contributed by atoms with van der Waals surface area (Å²) in [7, 11) is 0. The molecule has 0 fully saturated rings. The Morgan fingerprint density at radius 3 is 2.55 bits per heavy atom. The Morgan fingerprint density at radius 2 is 1.84 bits per heavy atom. The van der Waals surface area contributed by atoms with E-state index in [4.69, 9.17) is 31.2 Å². The van der Waals surface area contributed by atoms with Crippen LogP contribution >= 0.6 is 11.6 Å². The Balaban J connectivity index is 1.52. The predicted octanol–water partition coefficient (Wildman–Crippen LogP) is 4.93. The molecular formula is C30H32ClN3O4. The van der Waals surface area contributed by atoms with E-state index in [-0.39, 0.29) is 12.5 Å². The minimum absolute atomic E-state index is 0.0814. The molecule has 0 spiro atoms. The number of halogens is 1. The van der Waals surface area contributed by atoms with Crippen LogP contribution in [0.1, 0.15) is 36.5 Å². The third kappa shape index (κ3) is 7.01. The summed E-state index contributed by atoms with van der Waals surface area (Å²) in [4.78, 5) is 18.4. The highest BCUT2D eigenvalue weighted by Crippen LogP contribution is 2.33. The molecule has 3 N–H and O–H groups in total. The van der Waals surface area contributed by atoms with Crippen molar-refractivity contribution in [2.75, 3.05) is 13.2 Å². The molecule has 7 nitrogen and oxygen atoms in total. The summed E-state index contributed by atoms with van der Waals surface area (Å²) in [6, 6.07) is 24.7. The molecule has 0 saturated heterocycles. The van der Waals surface area contributed by atoms with Crippen LogP contribution in [0.15, 0.2) is 89.9 Å². The third-order valence-corrected chi connectivity index (χ3v) is 6.53. The Kier molecular flexibility index (Phi) is 9.54. The number of hydrogen-bond donors (Lipinski definition) is 3. The number of hydrogen-bond acceptors (Lipinski definition) is 6. The number of nitrogens with one attached hydrogen (secondary N) is 2. The molecule has 0 aromatic heterocycles. The lowest BCUT2D eigenvalue weighted by Crippen LogP contribution is -2.54. The molecule has 0 radical (unpaired) electrons. The minimum atomic E-state index is -1.16. The number of aliphatic imine (C=N–C) groups is 1. The zero-order chi connectivity index (χ0) is 26.8. The molecule has 0 bridgehead atoms. The molecule has 4 rings (SSSR count). The van der Waals surface area contributed by atoms with Crippen molar-refractivity contribution in [2.45, 2.75) is 38.0 Å². The number of amides is 1. The molecule has 38 heavy (non-hydrogen) atoms. The first-order chi connectivity index (χ1) is 18.5. The van der Waals surface area contributed by atoms with Crippen molar-refractivity contribution in [3.05, 3.63) is 107 Å². The van der Waals surface area contributed by atoms with Crippen LogP contribution in [0.2, 0.25) is 5.02 Å². The summed E-state index contributed by atoms with van der Waals surface area (Å²) < 4.78 is 11.8. The summed E-state index contributed by atoms with van der Waals surface area (Å²) in [5, 5.41) is 9.60. The highest BCUT2D eigenvalue weighted by Gasteiger charge is 2.49. The quantitative estimate of drug-likeness (QED) is 0.227. The number of carbonyl (C=O) groups is 1. The number of carbonyl (C=O) groups excluding carboxylic acids is 1. The molecule has 1 heterocycles. The summed E-state index contributed by atoms with van der Waals surface area (Å²) >= 11 is 5.97. The van der Waals surface area contributed by atoms with Crippen molar-refractivity contribution in [1.82, 2.24) is 10.9 Å². The fourth-order valence-electron chi connectivity index (χ4n) is 4.06. The lowest BCUT2D eigenvalue weighted by molar-refractivity contribution is -0.129. The predicted molar refractivity (Wildman–Crippen MR) is 150 cm³/mol. The molecule has 3 aromatic rings. The van der Waals surface area contributed by atoms with Crippen molar-refractivity contribution in [1.29, 1.82) is 0 Å². The summed E-state index contributed by atoms with van der Waals surface area (Å²) in [5.74, 6) is 0.811. The third-order valence-electron chi connectivity index (χ3n) is 6.27. The van der Waals surface area contributed by atoms with Gasteiger partial charge in [0.05, 0.1) is 6.61 Å². The molecule has 2 atom stereocenters. The van der Waals surface area contributed by atoms with E-state index < -0.39 is 11.6 Å². The van der Waals surface area contributed by atoms with Gasteiger partial charge >= 0.3 is 0 Å². The molecule has 8 heteroatoms. The highest BCUT2D eigenvalue weighted by molar-refractivity contribution is 6.30. The van der Waals surface area contributed by atoms with Gasteiger partial charge in [0, 0.05) is 36.6 Å². The van der Waals surface area contributed by atoms with Crippen molar-refractivity contribution in [2.24, 2.45) is 4.99 Å².